The third kappa shape index (κ3) is 18.7. The van der Waals surface area contributed by atoms with Gasteiger partial charge in [0.25, 0.3) is 0 Å². The van der Waals surface area contributed by atoms with Crippen molar-refractivity contribution in [1.29, 1.82) is 0 Å². The number of hydrogen-bond donors (Lipinski definition) is 5. The van der Waals surface area contributed by atoms with Gasteiger partial charge in [0.15, 0.2) is 0 Å². The van der Waals surface area contributed by atoms with E-state index in [1.807, 2.05) is 71.2 Å². The summed E-state index contributed by atoms with van der Waals surface area (Å²) in [6.07, 6.45) is 0. The van der Waals surface area contributed by atoms with E-state index in [9.17, 15) is 0 Å². The number of para-hydroxylation sites is 4. The van der Waals surface area contributed by atoms with Crippen molar-refractivity contribution in [1.82, 2.24) is 0 Å². The second-order valence-electron chi connectivity index (χ2n) is 39.5. The standard InChI is InChI=1S/C36H26N2O.C31H25N.C28H17NOS.C24H17NS.C21H19N/c1-4-10-28(11-5-1)37-29-19-23-35-34(25-29)33-22-18-27(24-36(33)39-35)26-16-20-32(21-17-26)38(30-12-6-2-7-13-30)31-14-8-3-9-15-31;1-31(2)29-19-24-11-7-6-10-23(24)18-28(29)27-17-16-26(20-30(27)31)32-25-14-12-22(13-15-25)21-8-4-3-5-9-21;1-2-6-18-14-25-23(13-17(18)5-1)21-11-9-20(16-26(21)30-25)29-19-10-12-28-24(15-19)22-7-3-4-8-27(22)31-28;1-2-6-17(7-3-1)18-10-12-19(13-11-18)25-20-14-15-22-21-8-4-5-9-23(21)26-24(22)16-20;1-21(2)19-11-7-6-10-17(19)18-13-12-16(14-20(18)21)22-15-8-4-3-5-9-15/h1-25,37H;3-20,32H,1-2H3;1-16,29H;1-16,25H;3-14,22H,1-2H3. The summed E-state index contributed by atoms with van der Waals surface area (Å²) in [6.45, 7) is 9.30. The molecule has 4 heterocycles. The topological polar surface area (TPSA) is 89.7 Å². The van der Waals surface area contributed by atoms with Gasteiger partial charge in [-0.05, 0) is 318 Å². The first kappa shape index (κ1) is 92.5. The highest BCUT2D eigenvalue weighted by Gasteiger charge is 2.37. The van der Waals surface area contributed by atoms with Crippen molar-refractivity contribution in [3.05, 3.63) is 550 Å². The lowest BCUT2D eigenvalue weighted by Crippen LogP contribution is -2.15. The van der Waals surface area contributed by atoms with Crippen LogP contribution in [0.3, 0.4) is 0 Å². The van der Waals surface area contributed by atoms with Gasteiger partial charge in [-0.15, -0.1) is 22.7 Å². The van der Waals surface area contributed by atoms with Crippen molar-refractivity contribution in [2.75, 3.05) is 31.5 Å². The van der Waals surface area contributed by atoms with Crippen LogP contribution in [0.5, 0.6) is 0 Å². The van der Waals surface area contributed by atoms with E-state index in [0.29, 0.717) is 0 Å². The van der Waals surface area contributed by atoms with Gasteiger partial charge < -0.3 is 40.3 Å². The van der Waals surface area contributed by atoms with Gasteiger partial charge in [0, 0.05) is 153 Å². The van der Waals surface area contributed by atoms with Crippen molar-refractivity contribution >= 4 is 202 Å². The molecule has 27 aromatic rings. The van der Waals surface area contributed by atoms with Gasteiger partial charge in [-0.2, -0.15) is 0 Å². The van der Waals surface area contributed by atoms with Crippen LogP contribution in [0.1, 0.15) is 49.9 Å². The summed E-state index contributed by atoms with van der Waals surface area (Å²) < 4.78 is 17.8. The zero-order valence-electron chi connectivity index (χ0n) is 83.3. The van der Waals surface area contributed by atoms with E-state index in [0.717, 1.165) is 129 Å². The first-order valence-corrected chi connectivity index (χ1v) is 52.7. The third-order valence-electron chi connectivity index (χ3n) is 29.2. The van der Waals surface area contributed by atoms with Crippen molar-refractivity contribution in [3.63, 3.8) is 0 Å². The maximum atomic E-state index is 6.26. The molecule has 5 N–H and O–H groups in total. The minimum atomic E-state index is -0.0243. The monoisotopic (exact) mass is 1960 g/mol. The molecule has 2 aliphatic carbocycles. The highest BCUT2D eigenvalue weighted by atomic mass is 32.1. The Bertz CT molecular complexity index is 9610. The zero-order chi connectivity index (χ0) is 101. The molecule has 8 nitrogen and oxygen atoms in total. The fourth-order valence-electron chi connectivity index (χ4n) is 21.5. The van der Waals surface area contributed by atoms with E-state index >= 15 is 0 Å². The smallest absolute Gasteiger partial charge is 0.137 e. The van der Waals surface area contributed by atoms with Gasteiger partial charge in [-0.25, -0.2) is 0 Å². The highest BCUT2D eigenvalue weighted by Crippen LogP contribution is 2.53. The summed E-state index contributed by atoms with van der Waals surface area (Å²) >= 11 is 3.69. The molecule has 29 rings (SSSR count). The molecule has 23 aromatic carbocycles. The molecule has 0 bridgehead atoms. The van der Waals surface area contributed by atoms with Crippen molar-refractivity contribution in [3.8, 4) is 55.6 Å². The molecule has 0 amide bonds. The van der Waals surface area contributed by atoms with E-state index in [-0.39, 0.29) is 10.8 Å². The minimum Gasteiger partial charge on any atom is -0.456 e. The second-order valence-corrected chi connectivity index (χ2v) is 41.7. The normalized spacial score (nSPS) is 12.2. The summed E-state index contributed by atoms with van der Waals surface area (Å²) in [4.78, 5) is 2.27. The van der Waals surface area contributed by atoms with Gasteiger partial charge >= 0.3 is 0 Å². The van der Waals surface area contributed by atoms with Crippen LogP contribution in [0, 0.1) is 0 Å². The lowest BCUT2D eigenvalue weighted by molar-refractivity contribution is 0.660. The van der Waals surface area contributed by atoms with E-state index < -0.39 is 0 Å². The number of nitrogens with one attached hydrogen (secondary N) is 5. The fourth-order valence-corrected chi connectivity index (χ4v) is 23.7. The van der Waals surface area contributed by atoms with E-state index in [2.05, 4.69) is 538 Å². The number of anilines is 13. The Morgan fingerprint density at radius 2 is 0.500 bits per heavy atom. The maximum absolute atomic E-state index is 6.26. The first-order chi connectivity index (χ1) is 73.7. The lowest BCUT2D eigenvalue weighted by atomic mass is 9.82. The number of hydrogen-bond acceptors (Lipinski definition) is 10. The minimum absolute atomic E-state index is 0.0243. The maximum Gasteiger partial charge on any atom is 0.137 e. The van der Waals surface area contributed by atoms with Crippen molar-refractivity contribution in [2.24, 2.45) is 0 Å². The molecule has 0 fully saturated rings. The Balaban J connectivity index is 0.0000000982. The van der Waals surface area contributed by atoms with Gasteiger partial charge in [0.2, 0.25) is 0 Å². The van der Waals surface area contributed by atoms with Gasteiger partial charge in [-0.1, -0.05) is 331 Å². The van der Waals surface area contributed by atoms with Gasteiger partial charge in [-0.3, -0.25) is 0 Å². The molecular weight excluding hydrogens is 1860 g/mol. The van der Waals surface area contributed by atoms with E-state index in [1.165, 1.54) is 129 Å². The average molecular weight is 1970 g/mol. The SMILES string of the molecule is CC1(C)c2cc(Nc3ccc(-c4ccccc4)cc3)ccc2-c2cc3ccccc3cc21.CC1(C)c2ccccc2-c2ccc(Nc3ccccc3)cc21.c1ccc(-c2ccc(Nc3ccc4c(c3)sc3ccccc34)cc2)cc1.c1ccc(Nc2ccc3oc4cc(-c5ccc(N(c6ccccc6)c6ccccc6)cc5)ccc4c3c2)cc1.c1ccc2cc3c(cc2c1)oc1cc(Nc2ccc4sc5ccccc5c4c2)ccc13. The zero-order valence-corrected chi connectivity index (χ0v) is 84.9. The molecule has 150 heavy (non-hydrogen) atoms. The summed E-state index contributed by atoms with van der Waals surface area (Å²) in [5, 5.41) is 32.5. The average Bonchev–Trinajstić information content (AvgIpc) is 1.57. The van der Waals surface area contributed by atoms with E-state index in [4.69, 9.17) is 8.83 Å². The molecule has 4 aromatic heterocycles. The van der Waals surface area contributed by atoms with Gasteiger partial charge in [0.1, 0.15) is 22.3 Å². The number of nitrogens with zero attached hydrogens (tertiary/aromatic N) is 1. The summed E-state index contributed by atoms with van der Waals surface area (Å²) in [5.74, 6) is 0. The summed E-state index contributed by atoms with van der Waals surface area (Å²) in [5.41, 5.74) is 36.2. The summed E-state index contributed by atoms with van der Waals surface area (Å²) in [7, 11) is 0. The summed E-state index contributed by atoms with van der Waals surface area (Å²) in [6, 6.07) is 186. The fraction of sp³-hybridized carbons (Fsp3) is 0.0429. The number of rotatable bonds is 16. The number of furan rings is 2. The number of benzene rings is 23. The molecule has 0 aliphatic heterocycles. The Morgan fingerprint density at radius 1 is 0.173 bits per heavy atom. The van der Waals surface area contributed by atoms with Crippen LogP contribution in [-0.2, 0) is 10.8 Å². The molecule has 0 radical (unpaired) electrons. The molecule has 0 saturated carbocycles. The van der Waals surface area contributed by atoms with Crippen LogP contribution in [0.2, 0.25) is 0 Å². The van der Waals surface area contributed by atoms with Gasteiger partial charge in [0.05, 0.1) is 0 Å². The molecule has 2 aliphatic rings. The number of fused-ring (bicyclic) bond motifs is 20. The Hall–Kier alpha value is -18.6. The third-order valence-corrected chi connectivity index (χ3v) is 31.4. The Kier molecular flexibility index (Phi) is 24.7. The molecule has 10 heteroatoms. The van der Waals surface area contributed by atoms with Crippen molar-refractivity contribution < 1.29 is 8.83 Å². The molecular formula is C140H104N6O2S2. The number of thiophene rings is 2. The quantitative estimate of drug-likeness (QED) is 0.0654. The van der Waals surface area contributed by atoms with Crippen LogP contribution in [0.4, 0.5) is 73.9 Å². The predicted octanol–water partition coefficient (Wildman–Crippen LogP) is 41.1. The molecule has 0 saturated heterocycles. The van der Waals surface area contributed by atoms with Crippen LogP contribution < -0.4 is 31.5 Å². The van der Waals surface area contributed by atoms with E-state index in [1.54, 1.807) is 0 Å². The Labute approximate surface area is 880 Å². The van der Waals surface area contributed by atoms with Crippen molar-refractivity contribution in [2.45, 2.75) is 38.5 Å². The largest absolute Gasteiger partial charge is 0.456 e. The second kappa shape index (κ2) is 40.1. The van der Waals surface area contributed by atoms with Crippen LogP contribution in [0.15, 0.2) is 537 Å². The lowest BCUT2D eigenvalue weighted by Gasteiger charge is -2.25. The van der Waals surface area contributed by atoms with Crippen LogP contribution >= 0.6 is 22.7 Å². The first-order valence-electron chi connectivity index (χ1n) is 51.1. The molecule has 0 unspecified atom stereocenters. The molecule has 0 atom stereocenters. The van der Waals surface area contributed by atoms with Crippen LogP contribution in [-0.4, -0.2) is 0 Å². The predicted molar refractivity (Wildman–Crippen MR) is 642 cm³/mol. The molecule has 718 valence electrons. The Morgan fingerprint density at radius 3 is 1.09 bits per heavy atom. The van der Waals surface area contributed by atoms with Crippen LogP contribution in [0.25, 0.3) is 161 Å². The highest BCUT2D eigenvalue weighted by molar-refractivity contribution is 7.26. The molecule has 0 spiro atoms.